The van der Waals surface area contributed by atoms with E-state index in [-0.39, 0.29) is 11.7 Å². The predicted octanol–water partition coefficient (Wildman–Crippen LogP) is 4.91. The zero-order valence-corrected chi connectivity index (χ0v) is 17.1. The SMILES string of the molecule is COC(=O)c1c(NC(=S)Nc2ccc([N+](=O)[O-])cc2)sc2c1CCCCCC2. The van der Waals surface area contributed by atoms with Gasteiger partial charge in [0.15, 0.2) is 5.11 Å². The normalized spacial score (nSPS) is 13.6. The van der Waals surface area contributed by atoms with Crippen molar-refractivity contribution in [1.29, 1.82) is 0 Å². The molecule has 9 heteroatoms. The number of nitro groups is 1. The lowest BCUT2D eigenvalue weighted by Gasteiger charge is -2.12. The number of nitrogens with one attached hydrogen (secondary N) is 2. The van der Waals surface area contributed by atoms with E-state index in [1.165, 1.54) is 37.0 Å². The fourth-order valence-electron chi connectivity index (χ4n) is 3.26. The molecule has 1 aromatic carbocycles. The molecule has 0 aliphatic heterocycles. The van der Waals surface area contributed by atoms with Gasteiger partial charge in [0.25, 0.3) is 5.69 Å². The number of ether oxygens (including phenoxy) is 1. The molecule has 2 N–H and O–H groups in total. The van der Waals surface area contributed by atoms with E-state index >= 15 is 0 Å². The van der Waals surface area contributed by atoms with Crippen molar-refractivity contribution in [3.05, 3.63) is 50.4 Å². The molecule has 1 heterocycles. The molecule has 0 bridgehead atoms. The number of methoxy groups -OCH3 is 1. The van der Waals surface area contributed by atoms with E-state index in [0.29, 0.717) is 21.4 Å². The van der Waals surface area contributed by atoms with Crippen molar-refractivity contribution in [2.75, 3.05) is 17.7 Å². The Kier molecular flexibility index (Phi) is 6.58. The third-order valence-corrected chi connectivity index (χ3v) is 6.04. The summed E-state index contributed by atoms with van der Waals surface area (Å²) in [5, 5.41) is 17.9. The third kappa shape index (κ3) is 4.66. The standard InChI is InChI=1S/C19H21N3O4S2/c1-26-18(23)16-14-6-4-2-3-5-7-15(14)28-17(16)21-19(27)20-12-8-10-13(11-9-12)22(24)25/h8-11H,2-7H2,1H3,(H2,20,21,27). The summed E-state index contributed by atoms with van der Waals surface area (Å²) in [6.45, 7) is 0. The number of esters is 1. The first-order chi connectivity index (χ1) is 13.5. The average Bonchev–Trinajstić information content (AvgIpc) is 2.97. The van der Waals surface area contributed by atoms with Gasteiger partial charge in [0.2, 0.25) is 0 Å². The second-order valence-corrected chi connectivity index (χ2v) is 8.01. The van der Waals surface area contributed by atoms with Crippen molar-refractivity contribution in [3.8, 4) is 0 Å². The molecule has 0 saturated heterocycles. The summed E-state index contributed by atoms with van der Waals surface area (Å²) in [4.78, 5) is 23.9. The molecule has 0 radical (unpaired) electrons. The van der Waals surface area contributed by atoms with Crippen LogP contribution >= 0.6 is 23.6 Å². The van der Waals surface area contributed by atoms with Gasteiger partial charge in [0, 0.05) is 22.7 Å². The first-order valence-corrected chi connectivity index (χ1v) is 10.3. The van der Waals surface area contributed by atoms with E-state index in [4.69, 9.17) is 17.0 Å². The Morgan fingerprint density at radius 3 is 2.46 bits per heavy atom. The van der Waals surface area contributed by atoms with E-state index in [1.807, 2.05) is 0 Å². The minimum Gasteiger partial charge on any atom is -0.465 e. The van der Waals surface area contributed by atoms with Crippen LogP contribution in [0.4, 0.5) is 16.4 Å². The molecule has 0 unspecified atom stereocenters. The van der Waals surface area contributed by atoms with Crippen LogP contribution in [-0.4, -0.2) is 23.1 Å². The monoisotopic (exact) mass is 419 g/mol. The number of hydrogen-bond donors (Lipinski definition) is 2. The highest BCUT2D eigenvalue weighted by molar-refractivity contribution is 7.80. The number of non-ortho nitro benzene ring substituents is 1. The lowest BCUT2D eigenvalue weighted by atomic mass is 9.96. The summed E-state index contributed by atoms with van der Waals surface area (Å²) in [7, 11) is 1.38. The van der Waals surface area contributed by atoms with Gasteiger partial charge in [0.1, 0.15) is 5.00 Å². The van der Waals surface area contributed by atoms with Crippen molar-refractivity contribution in [2.45, 2.75) is 38.5 Å². The van der Waals surface area contributed by atoms with Gasteiger partial charge < -0.3 is 15.4 Å². The van der Waals surface area contributed by atoms with E-state index in [0.717, 1.165) is 31.2 Å². The van der Waals surface area contributed by atoms with Crippen molar-refractivity contribution < 1.29 is 14.5 Å². The van der Waals surface area contributed by atoms with E-state index < -0.39 is 4.92 Å². The fourth-order valence-corrected chi connectivity index (χ4v) is 4.82. The van der Waals surface area contributed by atoms with Gasteiger partial charge in [-0.2, -0.15) is 0 Å². The average molecular weight is 420 g/mol. The Balaban J connectivity index is 1.80. The summed E-state index contributed by atoms with van der Waals surface area (Å²) in [5.74, 6) is -0.362. The molecular weight excluding hydrogens is 398 g/mol. The molecule has 1 aliphatic rings. The van der Waals surface area contributed by atoms with Crippen molar-refractivity contribution in [2.24, 2.45) is 0 Å². The maximum Gasteiger partial charge on any atom is 0.341 e. The van der Waals surface area contributed by atoms with Gasteiger partial charge in [-0.15, -0.1) is 11.3 Å². The minimum absolute atomic E-state index is 0.00969. The highest BCUT2D eigenvalue weighted by Gasteiger charge is 2.25. The van der Waals surface area contributed by atoms with Crippen LogP contribution in [0.25, 0.3) is 0 Å². The largest absolute Gasteiger partial charge is 0.465 e. The van der Waals surface area contributed by atoms with Crippen LogP contribution in [-0.2, 0) is 17.6 Å². The maximum absolute atomic E-state index is 12.4. The molecular formula is C19H21N3O4S2. The van der Waals surface area contributed by atoms with Gasteiger partial charge in [-0.25, -0.2) is 4.79 Å². The molecule has 1 aromatic heterocycles. The van der Waals surface area contributed by atoms with Crippen LogP contribution in [0.2, 0.25) is 0 Å². The number of rotatable bonds is 4. The minimum atomic E-state index is -0.454. The number of nitro benzene ring substituents is 1. The quantitative estimate of drug-likeness (QED) is 0.315. The Bertz CT molecular complexity index is 893. The first-order valence-electron chi connectivity index (χ1n) is 9.05. The molecule has 7 nitrogen and oxygen atoms in total. The van der Waals surface area contributed by atoms with E-state index in [1.54, 1.807) is 23.5 Å². The molecule has 0 spiro atoms. The molecule has 28 heavy (non-hydrogen) atoms. The zero-order valence-electron chi connectivity index (χ0n) is 15.4. The topological polar surface area (TPSA) is 93.5 Å². The summed E-state index contributed by atoms with van der Waals surface area (Å²) < 4.78 is 5.01. The molecule has 0 amide bonds. The number of thiocarbonyl (C=S) groups is 1. The number of carbonyl (C=O) groups excluding carboxylic acids is 1. The van der Waals surface area contributed by atoms with Crippen molar-refractivity contribution in [3.63, 3.8) is 0 Å². The van der Waals surface area contributed by atoms with Crippen LogP contribution in [0.3, 0.4) is 0 Å². The van der Waals surface area contributed by atoms with Crippen LogP contribution in [0.5, 0.6) is 0 Å². The molecule has 148 valence electrons. The van der Waals surface area contributed by atoms with Crippen LogP contribution in [0.1, 0.15) is 46.5 Å². The van der Waals surface area contributed by atoms with Gasteiger partial charge >= 0.3 is 5.97 Å². The van der Waals surface area contributed by atoms with Gasteiger partial charge in [-0.1, -0.05) is 12.8 Å². The summed E-state index contributed by atoms with van der Waals surface area (Å²) >= 11 is 6.92. The van der Waals surface area contributed by atoms with Gasteiger partial charge in [-0.3, -0.25) is 10.1 Å². The Morgan fingerprint density at radius 1 is 1.14 bits per heavy atom. The Labute approximate surface area is 172 Å². The zero-order chi connectivity index (χ0) is 20.1. The number of nitrogens with zero attached hydrogens (tertiary/aromatic N) is 1. The maximum atomic E-state index is 12.4. The predicted molar refractivity (Wildman–Crippen MR) is 114 cm³/mol. The molecule has 0 saturated carbocycles. The highest BCUT2D eigenvalue weighted by atomic mass is 32.1. The summed E-state index contributed by atoms with van der Waals surface area (Å²) in [6.07, 6.45) is 6.35. The van der Waals surface area contributed by atoms with Crippen LogP contribution in [0, 0.1) is 10.1 Å². The number of thiophene rings is 1. The number of aryl methyl sites for hydroxylation is 1. The van der Waals surface area contributed by atoms with Gasteiger partial charge in [0.05, 0.1) is 17.6 Å². The number of benzene rings is 1. The number of fused-ring (bicyclic) bond motifs is 1. The third-order valence-electron chi connectivity index (χ3n) is 4.62. The lowest BCUT2D eigenvalue weighted by molar-refractivity contribution is -0.384. The van der Waals surface area contributed by atoms with Crippen molar-refractivity contribution in [1.82, 2.24) is 0 Å². The Morgan fingerprint density at radius 2 is 1.82 bits per heavy atom. The lowest BCUT2D eigenvalue weighted by Crippen LogP contribution is -2.20. The second-order valence-electron chi connectivity index (χ2n) is 6.50. The molecule has 0 fully saturated rings. The van der Waals surface area contributed by atoms with Crippen molar-refractivity contribution >= 4 is 51.0 Å². The summed E-state index contributed by atoms with van der Waals surface area (Å²) in [6, 6.07) is 5.98. The molecule has 3 rings (SSSR count). The number of hydrogen-bond acceptors (Lipinski definition) is 6. The smallest absolute Gasteiger partial charge is 0.341 e. The summed E-state index contributed by atoms with van der Waals surface area (Å²) in [5.41, 5.74) is 2.27. The molecule has 2 aromatic rings. The Hall–Kier alpha value is -2.52. The second kappa shape index (κ2) is 9.11. The first kappa shape index (κ1) is 20.2. The molecule has 1 aliphatic carbocycles. The van der Waals surface area contributed by atoms with Gasteiger partial charge in [-0.05, 0) is 55.6 Å². The fraction of sp³-hybridized carbons (Fsp3) is 0.368. The van der Waals surface area contributed by atoms with Crippen LogP contribution in [0.15, 0.2) is 24.3 Å². The number of anilines is 2. The van der Waals surface area contributed by atoms with E-state index in [2.05, 4.69) is 10.6 Å². The number of carbonyl (C=O) groups is 1. The van der Waals surface area contributed by atoms with E-state index in [9.17, 15) is 14.9 Å². The highest BCUT2D eigenvalue weighted by Crippen LogP contribution is 2.37. The van der Waals surface area contributed by atoms with Crippen LogP contribution < -0.4 is 10.6 Å². The molecule has 0 atom stereocenters.